The quantitative estimate of drug-likeness (QED) is 0.764. The first-order chi connectivity index (χ1) is 6.59. The fraction of sp³-hybridized carbons (Fsp3) is 0.500. The van der Waals surface area contributed by atoms with E-state index in [9.17, 15) is 0 Å². The molecule has 0 amide bonds. The standard InChI is InChI=1S/C12H20N2/c1-9(2)13-11-7-5-6-8-12(11)14-10(3)4/h5-10,13-14H,1-4H3. The van der Waals surface area contributed by atoms with Crippen molar-refractivity contribution in [2.24, 2.45) is 0 Å². The molecule has 2 N–H and O–H groups in total. The van der Waals surface area contributed by atoms with Gasteiger partial charge in [0, 0.05) is 12.1 Å². The van der Waals surface area contributed by atoms with E-state index in [-0.39, 0.29) is 0 Å². The summed E-state index contributed by atoms with van der Waals surface area (Å²) < 4.78 is 0. The largest absolute Gasteiger partial charge is 0.381 e. The van der Waals surface area contributed by atoms with Gasteiger partial charge in [0.25, 0.3) is 0 Å². The number of hydrogen-bond acceptors (Lipinski definition) is 2. The molecule has 0 saturated heterocycles. The van der Waals surface area contributed by atoms with E-state index in [1.54, 1.807) is 0 Å². The van der Waals surface area contributed by atoms with Gasteiger partial charge in [-0.2, -0.15) is 0 Å². The molecule has 0 aliphatic heterocycles. The summed E-state index contributed by atoms with van der Waals surface area (Å²) in [6.07, 6.45) is 0. The van der Waals surface area contributed by atoms with Crippen LogP contribution < -0.4 is 10.6 Å². The summed E-state index contributed by atoms with van der Waals surface area (Å²) in [5.74, 6) is 0. The van der Waals surface area contributed by atoms with Crippen molar-refractivity contribution >= 4 is 11.4 Å². The van der Waals surface area contributed by atoms with Crippen molar-refractivity contribution in [1.29, 1.82) is 0 Å². The summed E-state index contributed by atoms with van der Waals surface area (Å²) in [4.78, 5) is 0. The first-order valence-corrected chi connectivity index (χ1v) is 5.21. The fourth-order valence-electron chi connectivity index (χ4n) is 1.36. The fourth-order valence-corrected chi connectivity index (χ4v) is 1.36. The number of nitrogens with one attached hydrogen (secondary N) is 2. The van der Waals surface area contributed by atoms with Crippen molar-refractivity contribution in [2.75, 3.05) is 10.6 Å². The Kier molecular flexibility index (Phi) is 3.81. The van der Waals surface area contributed by atoms with Crippen LogP contribution in [-0.2, 0) is 0 Å². The maximum atomic E-state index is 3.42. The number of hydrogen-bond donors (Lipinski definition) is 2. The van der Waals surface area contributed by atoms with Gasteiger partial charge in [-0.15, -0.1) is 0 Å². The molecule has 0 aliphatic carbocycles. The molecule has 78 valence electrons. The predicted molar refractivity (Wildman–Crippen MR) is 64.0 cm³/mol. The Labute approximate surface area is 86.7 Å². The summed E-state index contributed by atoms with van der Waals surface area (Å²) in [6.45, 7) is 8.58. The van der Waals surface area contributed by atoms with Gasteiger partial charge in [-0.1, -0.05) is 12.1 Å². The van der Waals surface area contributed by atoms with Crippen molar-refractivity contribution in [1.82, 2.24) is 0 Å². The van der Waals surface area contributed by atoms with Crippen molar-refractivity contribution in [2.45, 2.75) is 39.8 Å². The summed E-state index contributed by atoms with van der Waals surface area (Å²) in [7, 11) is 0. The van der Waals surface area contributed by atoms with Crippen LogP contribution >= 0.6 is 0 Å². The molecular formula is C12H20N2. The minimum Gasteiger partial charge on any atom is -0.381 e. The summed E-state index contributed by atoms with van der Waals surface area (Å²) in [5.41, 5.74) is 2.35. The SMILES string of the molecule is CC(C)Nc1ccccc1NC(C)C. The molecule has 0 bridgehead atoms. The number of rotatable bonds is 4. The maximum absolute atomic E-state index is 3.42. The molecule has 0 aliphatic rings. The zero-order chi connectivity index (χ0) is 10.6. The minimum absolute atomic E-state index is 0.463. The molecule has 0 spiro atoms. The van der Waals surface area contributed by atoms with Gasteiger partial charge in [0.1, 0.15) is 0 Å². The smallest absolute Gasteiger partial charge is 0.0578 e. The Morgan fingerprint density at radius 3 is 1.43 bits per heavy atom. The van der Waals surface area contributed by atoms with Gasteiger partial charge in [0.15, 0.2) is 0 Å². The van der Waals surface area contributed by atoms with Crippen LogP contribution in [0.3, 0.4) is 0 Å². The lowest BCUT2D eigenvalue weighted by Gasteiger charge is -2.17. The van der Waals surface area contributed by atoms with Crippen LogP contribution in [0.2, 0.25) is 0 Å². The molecule has 0 aromatic heterocycles. The second kappa shape index (κ2) is 4.89. The van der Waals surface area contributed by atoms with Gasteiger partial charge >= 0.3 is 0 Å². The van der Waals surface area contributed by atoms with Crippen molar-refractivity contribution in [3.63, 3.8) is 0 Å². The van der Waals surface area contributed by atoms with Gasteiger partial charge in [0.2, 0.25) is 0 Å². The van der Waals surface area contributed by atoms with E-state index in [1.807, 2.05) is 0 Å². The monoisotopic (exact) mass is 192 g/mol. The van der Waals surface area contributed by atoms with Crippen molar-refractivity contribution in [3.8, 4) is 0 Å². The second-order valence-corrected chi connectivity index (χ2v) is 4.14. The van der Waals surface area contributed by atoms with Crippen LogP contribution in [0.1, 0.15) is 27.7 Å². The van der Waals surface area contributed by atoms with Crippen molar-refractivity contribution < 1.29 is 0 Å². The van der Waals surface area contributed by atoms with E-state index in [0.29, 0.717) is 12.1 Å². The normalized spacial score (nSPS) is 10.7. The molecule has 14 heavy (non-hydrogen) atoms. The first kappa shape index (κ1) is 10.9. The highest BCUT2D eigenvalue weighted by Gasteiger charge is 2.02. The molecular weight excluding hydrogens is 172 g/mol. The van der Waals surface area contributed by atoms with E-state index >= 15 is 0 Å². The van der Waals surface area contributed by atoms with Crippen LogP contribution in [0.5, 0.6) is 0 Å². The Bertz CT molecular complexity index is 250. The average molecular weight is 192 g/mol. The van der Waals surface area contributed by atoms with Gasteiger partial charge < -0.3 is 10.6 Å². The van der Waals surface area contributed by atoms with Crippen LogP contribution in [-0.4, -0.2) is 12.1 Å². The molecule has 1 rings (SSSR count). The lowest BCUT2D eigenvalue weighted by Crippen LogP contribution is -2.15. The predicted octanol–water partition coefficient (Wildman–Crippen LogP) is 3.33. The molecule has 0 heterocycles. The van der Waals surface area contributed by atoms with Crippen LogP contribution in [0, 0.1) is 0 Å². The molecule has 0 radical (unpaired) electrons. The lowest BCUT2D eigenvalue weighted by molar-refractivity contribution is 0.883. The average Bonchev–Trinajstić information content (AvgIpc) is 2.06. The second-order valence-electron chi connectivity index (χ2n) is 4.14. The number of para-hydroxylation sites is 2. The third-order valence-electron chi connectivity index (χ3n) is 1.82. The Morgan fingerprint density at radius 1 is 0.786 bits per heavy atom. The van der Waals surface area contributed by atoms with E-state index in [0.717, 1.165) is 0 Å². The zero-order valence-electron chi connectivity index (χ0n) is 9.46. The summed E-state index contributed by atoms with van der Waals surface area (Å²) in [6, 6.07) is 9.23. The Morgan fingerprint density at radius 2 is 1.14 bits per heavy atom. The van der Waals surface area contributed by atoms with Crippen molar-refractivity contribution in [3.05, 3.63) is 24.3 Å². The van der Waals surface area contributed by atoms with E-state index < -0.39 is 0 Å². The van der Waals surface area contributed by atoms with Gasteiger partial charge in [-0.05, 0) is 39.8 Å². The van der Waals surface area contributed by atoms with E-state index in [2.05, 4.69) is 62.6 Å². The highest BCUT2D eigenvalue weighted by Crippen LogP contribution is 2.22. The van der Waals surface area contributed by atoms with E-state index in [4.69, 9.17) is 0 Å². The summed E-state index contributed by atoms with van der Waals surface area (Å²) >= 11 is 0. The molecule has 0 unspecified atom stereocenters. The summed E-state index contributed by atoms with van der Waals surface area (Å²) in [5, 5.41) is 6.83. The zero-order valence-corrected chi connectivity index (χ0v) is 9.46. The van der Waals surface area contributed by atoms with Crippen LogP contribution in [0.4, 0.5) is 11.4 Å². The molecule has 1 aromatic carbocycles. The van der Waals surface area contributed by atoms with Crippen LogP contribution in [0.15, 0.2) is 24.3 Å². The third-order valence-corrected chi connectivity index (χ3v) is 1.82. The molecule has 2 heteroatoms. The van der Waals surface area contributed by atoms with Gasteiger partial charge in [-0.25, -0.2) is 0 Å². The third kappa shape index (κ3) is 3.29. The maximum Gasteiger partial charge on any atom is 0.0578 e. The minimum atomic E-state index is 0.463. The molecule has 1 aromatic rings. The topological polar surface area (TPSA) is 24.1 Å². The number of anilines is 2. The molecule has 2 nitrogen and oxygen atoms in total. The number of benzene rings is 1. The van der Waals surface area contributed by atoms with E-state index in [1.165, 1.54) is 11.4 Å². The van der Waals surface area contributed by atoms with Gasteiger partial charge in [0.05, 0.1) is 11.4 Å². The highest BCUT2D eigenvalue weighted by molar-refractivity contribution is 5.69. The molecule has 0 atom stereocenters. The Hall–Kier alpha value is -1.18. The Balaban J connectivity index is 2.80. The first-order valence-electron chi connectivity index (χ1n) is 5.21. The lowest BCUT2D eigenvalue weighted by atomic mass is 10.2. The highest BCUT2D eigenvalue weighted by atomic mass is 15.0. The van der Waals surface area contributed by atoms with Gasteiger partial charge in [-0.3, -0.25) is 0 Å². The molecule has 0 saturated carbocycles. The molecule has 0 fully saturated rings. The van der Waals surface area contributed by atoms with Crippen LogP contribution in [0.25, 0.3) is 0 Å².